The topological polar surface area (TPSA) is 66.4 Å². The van der Waals surface area contributed by atoms with Crippen LogP contribution in [0.2, 0.25) is 5.02 Å². The van der Waals surface area contributed by atoms with E-state index >= 15 is 0 Å². The van der Waals surface area contributed by atoms with Crippen molar-refractivity contribution in [1.29, 1.82) is 0 Å². The van der Waals surface area contributed by atoms with E-state index in [1.165, 1.54) is 0 Å². The van der Waals surface area contributed by atoms with Crippen LogP contribution in [-0.2, 0) is 4.79 Å². The fraction of sp³-hybridized carbons (Fsp3) is 0.333. The van der Waals surface area contributed by atoms with E-state index in [-0.39, 0.29) is 0 Å². The lowest BCUT2D eigenvalue weighted by Crippen LogP contribution is -2.41. The number of hydrogen-bond acceptors (Lipinski definition) is 2. The van der Waals surface area contributed by atoms with Crippen LogP contribution in [-0.4, -0.2) is 23.0 Å². The van der Waals surface area contributed by atoms with Crippen molar-refractivity contribution in [1.82, 2.24) is 5.32 Å². The molecule has 1 atom stereocenters. The lowest BCUT2D eigenvalue weighted by atomic mass is 9.90. The molecule has 1 aliphatic carbocycles. The minimum Gasteiger partial charge on any atom is -0.465 e. The number of carboxylic acid groups (broad SMARTS) is 1. The maximum atomic E-state index is 11.2. The van der Waals surface area contributed by atoms with Crippen LogP contribution in [0.1, 0.15) is 24.3 Å². The third kappa shape index (κ3) is 2.42. The zero-order valence-electron chi connectivity index (χ0n) is 9.02. The van der Waals surface area contributed by atoms with Crippen molar-refractivity contribution in [3.63, 3.8) is 0 Å². The summed E-state index contributed by atoms with van der Waals surface area (Å²) in [5, 5.41) is 11.8. The smallest absolute Gasteiger partial charge is 0.405 e. The van der Waals surface area contributed by atoms with E-state index in [0.29, 0.717) is 17.9 Å². The number of nitrogens with one attached hydrogen (secondary N) is 1. The van der Waals surface area contributed by atoms with Crippen molar-refractivity contribution in [2.24, 2.45) is 0 Å². The minimum absolute atomic E-state index is 0.448. The fourth-order valence-electron chi connectivity index (χ4n) is 2.06. The number of carbonyl (C=O) groups excluding carboxylic acids is 1. The van der Waals surface area contributed by atoms with Gasteiger partial charge in [0.25, 0.3) is 0 Å². The minimum atomic E-state index is -1.09. The molecule has 1 amide bonds. The molecular formula is C12H12ClNO3. The number of carbonyl (C=O) groups is 2. The number of benzene rings is 1. The molecule has 2 rings (SSSR count). The molecule has 0 saturated heterocycles. The standard InChI is InChI=1S/C12H12ClNO3/c13-9-3-1-8(2-4-9)10(7-15)12(5-6-12)14-11(16)17/h1-4,7,10,14H,5-6H2,(H,16,17). The Bertz CT molecular complexity index is 440. The molecule has 1 unspecified atom stereocenters. The Kier molecular flexibility index (Phi) is 3.07. The Balaban J connectivity index is 2.25. The van der Waals surface area contributed by atoms with Crippen molar-refractivity contribution >= 4 is 24.0 Å². The zero-order chi connectivity index (χ0) is 12.5. The van der Waals surface area contributed by atoms with Crippen LogP contribution in [0.15, 0.2) is 24.3 Å². The summed E-state index contributed by atoms with van der Waals surface area (Å²) in [6, 6.07) is 6.91. The second-order valence-corrected chi connectivity index (χ2v) is 4.69. The summed E-state index contributed by atoms with van der Waals surface area (Å²) in [4.78, 5) is 21.9. The lowest BCUT2D eigenvalue weighted by molar-refractivity contribution is -0.109. The molecule has 1 saturated carbocycles. The van der Waals surface area contributed by atoms with E-state index in [9.17, 15) is 9.59 Å². The molecule has 1 aromatic rings. The molecule has 90 valence electrons. The van der Waals surface area contributed by atoms with E-state index in [2.05, 4.69) is 5.32 Å². The SMILES string of the molecule is O=CC(c1ccc(Cl)cc1)C1(NC(=O)O)CC1. The maximum absolute atomic E-state index is 11.2. The van der Waals surface area contributed by atoms with Gasteiger partial charge < -0.3 is 15.2 Å². The Morgan fingerprint density at radius 3 is 2.41 bits per heavy atom. The summed E-state index contributed by atoms with van der Waals surface area (Å²) in [6.07, 6.45) is 1.08. The van der Waals surface area contributed by atoms with Gasteiger partial charge in [-0.15, -0.1) is 0 Å². The first kappa shape index (κ1) is 11.9. The van der Waals surface area contributed by atoms with Gasteiger partial charge in [0.15, 0.2) is 0 Å². The summed E-state index contributed by atoms with van der Waals surface area (Å²) < 4.78 is 0. The predicted molar refractivity (Wildman–Crippen MR) is 63.4 cm³/mol. The normalized spacial score (nSPS) is 18.2. The monoisotopic (exact) mass is 253 g/mol. The largest absolute Gasteiger partial charge is 0.465 e. The number of amides is 1. The van der Waals surface area contributed by atoms with E-state index in [1.807, 2.05) is 0 Å². The van der Waals surface area contributed by atoms with Crippen molar-refractivity contribution in [2.45, 2.75) is 24.3 Å². The van der Waals surface area contributed by atoms with Gasteiger partial charge in [-0.2, -0.15) is 0 Å². The van der Waals surface area contributed by atoms with Gasteiger partial charge in [-0.25, -0.2) is 4.79 Å². The second-order valence-electron chi connectivity index (χ2n) is 4.25. The second kappa shape index (κ2) is 4.37. The van der Waals surface area contributed by atoms with Crippen LogP contribution in [0.5, 0.6) is 0 Å². The molecule has 0 radical (unpaired) electrons. The highest BCUT2D eigenvalue weighted by Crippen LogP contribution is 2.46. The number of hydrogen-bond donors (Lipinski definition) is 2. The van der Waals surface area contributed by atoms with E-state index in [1.54, 1.807) is 24.3 Å². The summed E-state index contributed by atoms with van der Waals surface area (Å²) in [6.45, 7) is 0. The van der Waals surface area contributed by atoms with Crippen molar-refractivity contribution < 1.29 is 14.7 Å². The van der Waals surface area contributed by atoms with Crippen molar-refractivity contribution in [3.8, 4) is 0 Å². The van der Waals surface area contributed by atoms with Gasteiger partial charge in [0.1, 0.15) is 6.29 Å². The third-order valence-electron chi connectivity index (χ3n) is 3.11. The maximum Gasteiger partial charge on any atom is 0.405 e. The highest BCUT2D eigenvalue weighted by Gasteiger charge is 2.51. The van der Waals surface area contributed by atoms with Crippen molar-refractivity contribution in [2.75, 3.05) is 0 Å². The Morgan fingerprint density at radius 2 is 2.00 bits per heavy atom. The van der Waals surface area contributed by atoms with Gasteiger partial charge in [-0.05, 0) is 30.5 Å². The van der Waals surface area contributed by atoms with Gasteiger partial charge in [0, 0.05) is 5.02 Å². The molecule has 1 aliphatic rings. The molecule has 2 N–H and O–H groups in total. The van der Waals surface area contributed by atoms with Gasteiger partial charge >= 0.3 is 6.09 Å². The average Bonchev–Trinajstić information content (AvgIpc) is 3.01. The number of aldehydes is 1. The van der Waals surface area contributed by atoms with Crippen LogP contribution >= 0.6 is 11.6 Å². The van der Waals surface area contributed by atoms with Crippen molar-refractivity contribution in [3.05, 3.63) is 34.9 Å². The molecule has 0 aliphatic heterocycles. The van der Waals surface area contributed by atoms with Gasteiger partial charge in [0.2, 0.25) is 0 Å². The molecule has 5 heteroatoms. The predicted octanol–water partition coefficient (Wildman–Crippen LogP) is 2.42. The average molecular weight is 254 g/mol. The van der Waals surface area contributed by atoms with Crippen LogP contribution in [0, 0.1) is 0 Å². The lowest BCUT2D eigenvalue weighted by Gasteiger charge is -2.22. The summed E-state index contributed by atoms with van der Waals surface area (Å²) in [5.41, 5.74) is 0.164. The molecule has 0 aromatic heterocycles. The molecule has 0 heterocycles. The van der Waals surface area contributed by atoms with Gasteiger partial charge in [-0.3, -0.25) is 0 Å². The Morgan fingerprint density at radius 1 is 1.41 bits per heavy atom. The van der Waals surface area contributed by atoms with Crippen LogP contribution in [0.25, 0.3) is 0 Å². The molecule has 1 aromatic carbocycles. The molecule has 0 bridgehead atoms. The highest BCUT2D eigenvalue weighted by atomic mass is 35.5. The zero-order valence-corrected chi connectivity index (χ0v) is 9.78. The van der Waals surface area contributed by atoms with E-state index in [4.69, 9.17) is 16.7 Å². The first-order chi connectivity index (χ1) is 8.07. The Labute approximate surface area is 104 Å². The van der Waals surface area contributed by atoms with Crippen LogP contribution in [0.4, 0.5) is 4.79 Å². The first-order valence-electron chi connectivity index (χ1n) is 5.29. The number of rotatable bonds is 4. The number of halogens is 1. The van der Waals surface area contributed by atoms with E-state index < -0.39 is 17.6 Å². The van der Waals surface area contributed by atoms with Crippen LogP contribution in [0.3, 0.4) is 0 Å². The quantitative estimate of drug-likeness (QED) is 0.810. The molecule has 17 heavy (non-hydrogen) atoms. The molecule has 4 nitrogen and oxygen atoms in total. The van der Waals surface area contributed by atoms with Gasteiger partial charge in [-0.1, -0.05) is 23.7 Å². The molecular weight excluding hydrogens is 242 g/mol. The van der Waals surface area contributed by atoms with E-state index in [0.717, 1.165) is 11.8 Å². The molecule has 0 spiro atoms. The summed E-state index contributed by atoms with van der Waals surface area (Å²) in [7, 11) is 0. The highest BCUT2D eigenvalue weighted by molar-refractivity contribution is 6.30. The Hall–Kier alpha value is -1.55. The third-order valence-corrected chi connectivity index (χ3v) is 3.36. The van der Waals surface area contributed by atoms with Crippen LogP contribution < -0.4 is 5.32 Å². The summed E-state index contributed by atoms with van der Waals surface area (Å²) in [5.74, 6) is -0.448. The first-order valence-corrected chi connectivity index (χ1v) is 5.67. The summed E-state index contributed by atoms with van der Waals surface area (Å²) >= 11 is 5.78. The molecule has 1 fully saturated rings. The fourth-order valence-corrected chi connectivity index (χ4v) is 2.19. The van der Waals surface area contributed by atoms with Gasteiger partial charge in [0.05, 0.1) is 11.5 Å².